The molecule has 1 heterocycles. The SMILES string of the molecule is COc1nc2ccc(C)cc2[n+]([O-])n1. The lowest BCUT2D eigenvalue weighted by Gasteiger charge is -2.01. The van der Waals surface area contributed by atoms with Crippen molar-refractivity contribution in [3.05, 3.63) is 29.0 Å². The van der Waals surface area contributed by atoms with Crippen LogP contribution in [0.5, 0.6) is 6.01 Å². The third-order valence-corrected chi connectivity index (χ3v) is 1.91. The van der Waals surface area contributed by atoms with E-state index in [0.29, 0.717) is 15.9 Å². The molecule has 0 radical (unpaired) electrons. The van der Waals surface area contributed by atoms with Crippen molar-refractivity contribution in [1.29, 1.82) is 0 Å². The van der Waals surface area contributed by atoms with E-state index >= 15 is 0 Å². The van der Waals surface area contributed by atoms with Crippen molar-refractivity contribution in [2.24, 2.45) is 0 Å². The molecule has 0 saturated heterocycles. The first-order valence-corrected chi connectivity index (χ1v) is 4.13. The maximum absolute atomic E-state index is 11.4. The average molecular weight is 191 g/mol. The second kappa shape index (κ2) is 3.10. The zero-order chi connectivity index (χ0) is 10.1. The third kappa shape index (κ3) is 1.32. The van der Waals surface area contributed by atoms with Crippen LogP contribution in [0.2, 0.25) is 0 Å². The second-order valence-corrected chi connectivity index (χ2v) is 2.96. The normalized spacial score (nSPS) is 10.4. The highest BCUT2D eigenvalue weighted by Crippen LogP contribution is 2.11. The zero-order valence-corrected chi connectivity index (χ0v) is 7.89. The lowest BCUT2D eigenvalue weighted by atomic mass is 10.2. The van der Waals surface area contributed by atoms with Crippen molar-refractivity contribution in [3.8, 4) is 6.01 Å². The first-order chi connectivity index (χ1) is 6.70. The molecule has 0 aliphatic carbocycles. The van der Waals surface area contributed by atoms with E-state index in [2.05, 4.69) is 10.1 Å². The number of ether oxygens (including phenoxy) is 1. The Morgan fingerprint density at radius 1 is 1.43 bits per heavy atom. The Hall–Kier alpha value is -1.91. The Morgan fingerprint density at radius 3 is 2.93 bits per heavy atom. The van der Waals surface area contributed by atoms with Crippen molar-refractivity contribution in [3.63, 3.8) is 0 Å². The van der Waals surface area contributed by atoms with Crippen LogP contribution in [0.1, 0.15) is 5.56 Å². The summed E-state index contributed by atoms with van der Waals surface area (Å²) < 4.78 is 4.79. The molecule has 72 valence electrons. The fourth-order valence-electron chi connectivity index (χ4n) is 1.22. The molecule has 0 fully saturated rings. The third-order valence-electron chi connectivity index (χ3n) is 1.91. The molecule has 14 heavy (non-hydrogen) atoms. The van der Waals surface area contributed by atoms with E-state index in [1.807, 2.05) is 13.0 Å². The lowest BCUT2D eigenvalue weighted by Crippen LogP contribution is -2.32. The van der Waals surface area contributed by atoms with E-state index in [4.69, 9.17) is 4.74 Å². The largest absolute Gasteiger partial charge is 0.594 e. The number of benzene rings is 1. The molecule has 0 bridgehead atoms. The van der Waals surface area contributed by atoms with Crippen molar-refractivity contribution >= 4 is 11.0 Å². The summed E-state index contributed by atoms with van der Waals surface area (Å²) in [6.07, 6.45) is 0. The molecule has 1 aromatic heterocycles. The van der Waals surface area contributed by atoms with E-state index in [1.54, 1.807) is 12.1 Å². The minimum absolute atomic E-state index is 0.0800. The van der Waals surface area contributed by atoms with Crippen LogP contribution < -0.4 is 9.58 Å². The van der Waals surface area contributed by atoms with Crippen LogP contribution in [-0.2, 0) is 0 Å². The standard InChI is InChI=1S/C9H9N3O2/c1-6-3-4-7-8(5-6)12(13)11-9(10-7)14-2/h3-5H,1-2H3. The van der Waals surface area contributed by atoms with Gasteiger partial charge >= 0.3 is 6.01 Å². The molecule has 0 aliphatic heterocycles. The van der Waals surface area contributed by atoms with Gasteiger partial charge in [-0.1, -0.05) is 6.07 Å². The predicted molar refractivity (Wildman–Crippen MR) is 49.8 cm³/mol. The molecule has 2 aromatic rings. The minimum Gasteiger partial charge on any atom is -0.594 e. The quantitative estimate of drug-likeness (QED) is 0.488. The van der Waals surface area contributed by atoms with E-state index < -0.39 is 0 Å². The zero-order valence-electron chi connectivity index (χ0n) is 7.89. The number of fused-ring (bicyclic) bond motifs is 1. The van der Waals surface area contributed by atoms with Crippen LogP contribution in [-0.4, -0.2) is 17.2 Å². The van der Waals surface area contributed by atoms with Gasteiger partial charge in [0.2, 0.25) is 0 Å². The number of aromatic nitrogens is 3. The number of hydrogen-bond acceptors (Lipinski definition) is 4. The summed E-state index contributed by atoms with van der Waals surface area (Å²) >= 11 is 0. The minimum atomic E-state index is 0.0800. The van der Waals surface area contributed by atoms with Crippen LogP contribution in [0.25, 0.3) is 11.0 Å². The summed E-state index contributed by atoms with van der Waals surface area (Å²) in [5, 5.41) is 15.0. The van der Waals surface area contributed by atoms with Gasteiger partial charge in [0.15, 0.2) is 0 Å². The van der Waals surface area contributed by atoms with Gasteiger partial charge in [0.25, 0.3) is 5.52 Å². The highest BCUT2D eigenvalue weighted by molar-refractivity contribution is 5.71. The Balaban J connectivity index is 2.76. The summed E-state index contributed by atoms with van der Waals surface area (Å²) in [6, 6.07) is 5.47. The van der Waals surface area contributed by atoms with Gasteiger partial charge in [-0.2, -0.15) is 4.98 Å². The van der Waals surface area contributed by atoms with Gasteiger partial charge in [-0.3, -0.25) is 0 Å². The molecule has 0 N–H and O–H groups in total. The van der Waals surface area contributed by atoms with Crippen molar-refractivity contribution < 1.29 is 9.58 Å². The Bertz CT molecular complexity index is 485. The van der Waals surface area contributed by atoms with Crippen LogP contribution in [0, 0.1) is 12.1 Å². The molecule has 0 aliphatic rings. The van der Waals surface area contributed by atoms with Crippen LogP contribution >= 0.6 is 0 Å². The van der Waals surface area contributed by atoms with Gasteiger partial charge < -0.3 is 9.94 Å². The summed E-state index contributed by atoms with van der Waals surface area (Å²) in [5.74, 6) is 0. The van der Waals surface area contributed by atoms with Crippen LogP contribution in [0.3, 0.4) is 0 Å². The first-order valence-electron chi connectivity index (χ1n) is 4.13. The van der Waals surface area contributed by atoms with E-state index in [1.165, 1.54) is 7.11 Å². The number of aryl methyl sites for hydroxylation is 1. The average Bonchev–Trinajstić information content (AvgIpc) is 2.19. The molecule has 0 amide bonds. The highest BCUT2D eigenvalue weighted by Gasteiger charge is 2.10. The van der Waals surface area contributed by atoms with Gasteiger partial charge in [0, 0.05) is 6.07 Å². The molecule has 5 heteroatoms. The van der Waals surface area contributed by atoms with Crippen molar-refractivity contribution in [2.75, 3.05) is 7.11 Å². The smallest absolute Gasteiger partial charge is 0.381 e. The van der Waals surface area contributed by atoms with Crippen LogP contribution in [0.4, 0.5) is 0 Å². The summed E-state index contributed by atoms with van der Waals surface area (Å²) in [7, 11) is 1.43. The van der Waals surface area contributed by atoms with Gasteiger partial charge in [-0.15, -0.1) is 0 Å². The maximum Gasteiger partial charge on any atom is 0.381 e. The molecule has 0 saturated carbocycles. The van der Waals surface area contributed by atoms with E-state index in [-0.39, 0.29) is 6.01 Å². The Morgan fingerprint density at radius 2 is 2.21 bits per heavy atom. The van der Waals surface area contributed by atoms with Gasteiger partial charge in [-0.25, -0.2) is 0 Å². The number of methoxy groups -OCH3 is 1. The van der Waals surface area contributed by atoms with E-state index in [0.717, 1.165) is 5.56 Å². The first kappa shape index (κ1) is 8.68. The predicted octanol–water partition coefficient (Wildman–Crippen LogP) is 0.580. The molecule has 0 atom stereocenters. The molecule has 5 nitrogen and oxygen atoms in total. The van der Waals surface area contributed by atoms with E-state index in [9.17, 15) is 5.21 Å². The number of hydrogen-bond donors (Lipinski definition) is 0. The molecular weight excluding hydrogens is 182 g/mol. The maximum atomic E-state index is 11.4. The van der Waals surface area contributed by atoms with Gasteiger partial charge in [-0.05, 0) is 23.4 Å². The molecule has 1 aromatic carbocycles. The Kier molecular flexibility index (Phi) is 1.92. The fourth-order valence-corrected chi connectivity index (χ4v) is 1.22. The summed E-state index contributed by atoms with van der Waals surface area (Å²) in [4.78, 5) is 4.56. The van der Waals surface area contributed by atoms with Crippen LogP contribution in [0.15, 0.2) is 18.2 Å². The van der Waals surface area contributed by atoms with Crippen molar-refractivity contribution in [2.45, 2.75) is 6.92 Å². The van der Waals surface area contributed by atoms with Crippen molar-refractivity contribution in [1.82, 2.24) is 10.1 Å². The fraction of sp³-hybridized carbons (Fsp3) is 0.222. The summed E-state index contributed by atoms with van der Waals surface area (Å²) in [5.41, 5.74) is 2.03. The number of rotatable bonds is 1. The molecule has 2 rings (SSSR count). The molecule has 0 spiro atoms. The molecule has 0 unspecified atom stereocenters. The monoisotopic (exact) mass is 191 g/mol. The summed E-state index contributed by atoms with van der Waals surface area (Å²) in [6.45, 7) is 1.91. The molecular formula is C9H9N3O2. The van der Waals surface area contributed by atoms with Gasteiger partial charge in [0.05, 0.1) is 12.2 Å². The lowest BCUT2D eigenvalue weighted by molar-refractivity contribution is -0.643. The highest BCUT2D eigenvalue weighted by atomic mass is 16.5. The Labute approximate surface area is 80.5 Å². The topological polar surface area (TPSA) is 62.0 Å². The second-order valence-electron chi connectivity index (χ2n) is 2.96. The van der Waals surface area contributed by atoms with Gasteiger partial charge in [0.1, 0.15) is 5.52 Å². The number of nitrogens with zero attached hydrogens (tertiary/aromatic N) is 3.